The summed E-state index contributed by atoms with van der Waals surface area (Å²) >= 11 is 3.25. The molecule has 13 heteroatoms. The van der Waals surface area contributed by atoms with Gasteiger partial charge in [-0.2, -0.15) is 0 Å². The number of likely N-dealkylation sites (N-methyl/N-ethyl adjacent to an activating group) is 1. The molecule has 0 bridgehead atoms. The molecule has 9 nitrogen and oxygen atoms in total. The van der Waals surface area contributed by atoms with E-state index in [1.54, 1.807) is 47.4 Å². The molecule has 0 amide bonds. The van der Waals surface area contributed by atoms with E-state index >= 15 is 0 Å². The van der Waals surface area contributed by atoms with E-state index in [1.807, 2.05) is 41.0 Å². The number of benzene rings is 1. The Bertz CT molecular complexity index is 1410. The number of rotatable bonds is 9. The third kappa shape index (κ3) is 6.24. The lowest BCUT2D eigenvalue weighted by Gasteiger charge is -2.28. The Morgan fingerprint density at radius 1 is 1.30 bits per heavy atom. The summed E-state index contributed by atoms with van der Waals surface area (Å²) in [6.45, 7) is 1.24. The molecule has 0 saturated heterocycles. The Balaban J connectivity index is 1.37. The number of anilines is 1. The Hall–Kier alpha value is -2.29. The van der Waals surface area contributed by atoms with Crippen molar-refractivity contribution in [3.63, 3.8) is 0 Å². The zero-order chi connectivity index (χ0) is 26.0. The quantitative estimate of drug-likeness (QED) is 0.335. The molecule has 5 rings (SSSR count). The van der Waals surface area contributed by atoms with Gasteiger partial charge in [0.25, 0.3) is 0 Å². The highest BCUT2D eigenvalue weighted by Crippen LogP contribution is 2.38. The van der Waals surface area contributed by atoms with E-state index in [0.29, 0.717) is 25.2 Å². The standard InChI is InChI=1S/C24H28N4O5S4/c1-28-10-11-33-22-14-18(8-9-21(22)28)37(31,32)27-19(13-16-4-6-17(7-5-16)26-36(29)30)20-15-35-24(25-20)23-3-2-12-34-23/h2-6,8-9,12,14-15,17,19,24-25,27,36H,7,10-11,13H2,1H3,(H,26,29,30)/t17?,19-,24?/m0/s1. The van der Waals surface area contributed by atoms with Gasteiger partial charge < -0.3 is 15.0 Å². The molecule has 3 N–H and O–H groups in total. The molecule has 3 atom stereocenters. The third-order valence-corrected chi connectivity index (χ3v) is 10.5. The Labute approximate surface area is 226 Å². The predicted octanol–water partition coefficient (Wildman–Crippen LogP) is 2.86. The van der Waals surface area contributed by atoms with Gasteiger partial charge in [-0.15, -0.1) is 23.1 Å². The largest absolute Gasteiger partial charge is 0.490 e. The van der Waals surface area contributed by atoms with Gasteiger partial charge in [0, 0.05) is 29.7 Å². The monoisotopic (exact) mass is 580 g/mol. The fourth-order valence-electron chi connectivity index (χ4n) is 4.38. The zero-order valence-corrected chi connectivity index (χ0v) is 23.3. The topological polar surface area (TPSA) is 117 Å². The fraction of sp³-hybridized carbons (Fsp3) is 0.333. The second kappa shape index (κ2) is 11.2. The average Bonchev–Trinajstić information content (AvgIpc) is 3.57. The number of thiol groups is 1. The highest BCUT2D eigenvalue weighted by molar-refractivity contribution is 8.02. The molecule has 1 aromatic heterocycles. The van der Waals surface area contributed by atoms with Gasteiger partial charge in [-0.25, -0.2) is 26.3 Å². The molecule has 2 aliphatic heterocycles. The number of hydrogen-bond acceptors (Lipinski definition) is 9. The van der Waals surface area contributed by atoms with Crippen molar-refractivity contribution in [3.05, 3.63) is 75.5 Å². The van der Waals surface area contributed by atoms with Crippen LogP contribution in [0.3, 0.4) is 0 Å². The highest BCUT2D eigenvalue weighted by atomic mass is 32.2. The van der Waals surface area contributed by atoms with Crippen LogP contribution in [-0.2, 0) is 20.9 Å². The summed E-state index contributed by atoms with van der Waals surface area (Å²) < 4.78 is 60.2. The van der Waals surface area contributed by atoms with Gasteiger partial charge in [0.1, 0.15) is 17.7 Å². The molecule has 1 aromatic carbocycles. The molecule has 0 saturated carbocycles. The lowest BCUT2D eigenvalue weighted by Crippen LogP contribution is -2.40. The summed E-state index contributed by atoms with van der Waals surface area (Å²) in [5.41, 5.74) is 2.57. The van der Waals surface area contributed by atoms with E-state index in [-0.39, 0.29) is 16.3 Å². The van der Waals surface area contributed by atoms with E-state index in [0.717, 1.165) is 28.4 Å². The van der Waals surface area contributed by atoms with Crippen molar-refractivity contribution in [3.8, 4) is 5.75 Å². The molecule has 198 valence electrons. The van der Waals surface area contributed by atoms with Crippen LogP contribution in [-0.4, -0.2) is 49.1 Å². The summed E-state index contributed by atoms with van der Waals surface area (Å²) in [7, 11) is -4.62. The second-order valence-corrected chi connectivity index (χ2v) is 13.3. The number of fused-ring (bicyclic) bond motifs is 1. The highest BCUT2D eigenvalue weighted by Gasteiger charge is 2.30. The number of nitrogens with zero attached hydrogens (tertiary/aromatic N) is 1. The number of allylic oxidation sites excluding steroid dienone is 1. The lowest BCUT2D eigenvalue weighted by molar-refractivity contribution is 0.310. The molecule has 0 spiro atoms. The van der Waals surface area contributed by atoms with Gasteiger partial charge in [-0.05, 0) is 41.8 Å². The molecule has 2 aromatic rings. The number of sulfonamides is 1. The minimum absolute atomic E-state index is 0.0208. The van der Waals surface area contributed by atoms with Gasteiger partial charge in [-0.3, -0.25) is 0 Å². The number of ether oxygens (including phenoxy) is 1. The second-order valence-electron chi connectivity index (χ2n) is 8.89. The van der Waals surface area contributed by atoms with Gasteiger partial charge in [-0.1, -0.05) is 29.9 Å². The van der Waals surface area contributed by atoms with Crippen molar-refractivity contribution < 1.29 is 21.6 Å². The van der Waals surface area contributed by atoms with E-state index in [9.17, 15) is 16.8 Å². The van der Waals surface area contributed by atoms with Crippen molar-refractivity contribution >= 4 is 49.7 Å². The summed E-state index contributed by atoms with van der Waals surface area (Å²) in [6.07, 6.45) is 6.50. The van der Waals surface area contributed by atoms with Gasteiger partial charge in [0.2, 0.25) is 20.9 Å². The molecule has 1 aliphatic carbocycles. The SMILES string of the molecule is CN1CCOc2cc(S(=O)(=O)N[C@@H](CC3=CCC(N[SH](=O)=O)C=C3)C3=CSC(c4cccs4)N3)ccc21. The van der Waals surface area contributed by atoms with Crippen LogP contribution in [0.1, 0.15) is 23.1 Å². The van der Waals surface area contributed by atoms with Crippen molar-refractivity contribution in [2.24, 2.45) is 0 Å². The van der Waals surface area contributed by atoms with Crippen molar-refractivity contribution in [2.45, 2.75) is 35.2 Å². The van der Waals surface area contributed by atoms with Gasteiger partial charge in [0.15, 0.2) is 0 Å². The first-order chi connectivity index (χ1) is 17.8. The predicted molar refractivity (Wildman–Crippen MR) is 149 cm³/mol. The minimum Gasteiger partial charge on any atom is -0.490 e. The summed E-state index contributed by atoms with van der Waals surface area (Å²) in [5.74, 6) is 0.549. The third-order valence-electron chi connectivity index (χ3n) is 6.33. The first-order valence-corrected chi connectivity index (χ1v) is 16.2. The summed E-state index contributed by atoms with van der Waals surface area (Å²) in [5, 5.41) is 7.49. The smallest absolute Gasteiger partial charge is 0.241 e. The molecular weight excluding hydrogens is 553 g/mol. The Kier molecular flexibility index (Phi) is 7.98. The first-order valence-electron chi connectivity index (χ1n) is 11.7. The van der Waals surface area contributed by atoms with Crippen molar-refractivity contribution in [1.82, 2.24) is 14.8 Å². The maximum atomic E-state index is 13.5. The summed E-state index contributed by atoms with van der Waals surface area (Å²) in [6, 6.07) is 8.15. The Morgan fingerprint density at radius 2 is 2.16 bits per heavy atom. The van der Waals surface area contributed by atoms with Crippen LogP contribution in [0.25, 0.3) is 0 Å². The van der Waals surface area contributed by atoms with Gasteiger partial charge >= 0.3 is 0 Å². The van der Waals surface area contributed by atoms with Crippen LogP contribution in [0.5, 0.6) is 5.75 Å². The Morgan fingerprint density at radius 3 is 2.89 bits per heavy atom. The normalized spacial score (nSPS) is 22.2. The molecule has 3 aliphatic rings. The van der Waals surface area contributed by atoms with Crippen LogP contribution < -0.4 is 24.4 Å². The summed E-state index contributed by atoms with van der Waals surface area (Å²) in [4.78, 5) is 3.34. The average molecular weight is 581 g/mol. The molecule has 0 fully saturated rings. The van der Waals surface area contributed by atoms with E-state index < -0.39 is 27.0 Å². The van der Waals surface area contributed by atoms with Crippen molar-refractivity contribution in [1.29, 1.82) is 0 Å². The molecule has 3 heterocycles. The van der Waals surface area contributed by atoms with Crippen LogP contribution in [0.4, 0.5) is 5.69 Å². The van der Waals surface area contributed by atoms with E-state index in [2.05, 4.69) is 20.8 Å². The number of thiophene rings is 1. The molecule has 37 heavy (non-hydrogen) atoms. The maximum Gasteiger partial charge on any atom is 0.241 e. The zero-order valence-electron chi connectivity index (χ0n) is 20.0. The van der Waals surface area contributed by atoms with Crippen LogP contribution in [0.15, 0.2) is 75.5 Å². The van der Waals surface area contributed by atoms with Crippen molar-refractivity contribution in [2.75, 3.05) is 25.1 Å². The van der Waals surface area contributed by atoms with E-state index in [1.165, 1.54) is 0 Å². The number of nitrogens with one attached hydrogen (secondary N) is 3. The minimum atomic E-state index is -3.88. The van der Waals surface area contributed by atoms with Crippen LogP contribution in [0, 0.1) is 0 Å². The number of hydrogen-bond donors (Lipinski definition) is 4. The van der Waals surface area contributed by atoms with Crippen LogP contribution in [0.2, 0.25) is 0 Å². The molecule has 0 radical (unpaired) electrons. The van der Waals surface area contributed by atoms with E-state index in [4.69, 9.17) is 4.74 Å². The number of thioether (sulfide) groups is 1. The molecule has 2 unspecified atom stereocenters. The van der Waals surface area contributed by atoms with Gasteiger partial charge in [0.05, 0.1) is 23.2 Å². The fourth-order valence-corrected chi connectivity index (χ4v) is 7.99. The maximum absolute atomic E-state index is 13.5. The lowest BCUT2D eigenvalue weighted by atomic mass is 9.97. The molecular formula is C24H28N4O5S4. The first kappa shape index (κ1) is 26.3. The van der Waals surface area contributed by atoms with Crippen LogP contribution >= 0.6 is 23.1 Å².